The molecule has 124 valence electrons. The number of hydrogen-bond acceptors (Lipinski definition) is 4. The van der Waals surface area contributed by atoms with E-state index in [0.29, 0.717) is 25.9 Å². The smallest absolute Gasteiger partial charge is 0.223 e. The number of aryl methyl sites for hydroxylation is 1. The number of hydrogen-bond donors (Lipinski definition) is 1. The zero-order valence-electron chi connectivity index (χ0n) is 13.3. The summed E-state index contributed by atoms with van der Waals surface area (Å²) < 4.78 is 26.2. The Bertz CT molecular complexity index is 618. The Balaban J connectivity index is 1.88. The summed E-state index contributed by atoms with van der Waals surface area (Å²) >= 11 is 0. The van der Waals surface area contributed by atoms with Gasteiger partial charge in [0.2, 0.25) is 15.9 Å². The first-order chi connectivity index (χ1) is 10.3. The molecule has 0 aliphatic carbocycles. The summed E-state index contributed by atoms with van der Waals surface area (Å²) in [5.41, 5.74) is 0.837. The molecule has 0 saturated carbocycles. The van der Waals surface area contributed by atoms with Gasteiger partial charge in [-0.3, -0.25) is 9.48 Å². The Hall–Kier alpha value is -1.41. The number of rotatable bonds is 5. The van der Waals surface area contributed by atoms with Crippen molar-refractivity contribution in [2.24, 2.45) is 5.92 Å². The molecular weight excluding hydrogens is 304 g/mol. The van der Waals surface area contributed by atoms with Crippen molar-refractivity contribution >= 4 is 15.9 Å². The Kier molecular flexibility index (Phi) is 5.23. The van der Waals surface area contributed by atoms with E-state index in [1.54, 1.807) is 0 Å². The highest BCUT2D eigenvalue weighted by atomic mass is 32.2. The van der Waals surface area contributed by atoms with Crippen LogP contribution >= 0.6 is 0 Å². The minimum Gasteiger partial charge on any atom is -0.348 e. The fourth-order valence-electron chi connectivity index (χ4n) is 2.64. The SMILES string of the molecule is CCn1ccc([C@H](C)NC(=O)C2CCN(S(C)(=O)=O)CC2)n1. The summed E-state index contributed by atoms with van der Waals surface area (Å²) in [6.07, 6.45) is 4.23. The van der Waals surface area contributed by atoms with E-state index in [0.717, 1.165) is 12.2 Å². The topological polar surface area (TPSA) is 84.3 Å². The van der Waals surface area contributed by atoms with E-state index in [4.69, 9.17) is 0 Å². The highest BCUT2D eigenvalue weighted by Gasteiger charge is 2.29. The van der Waals surface area contributed by atoms with E-state index in [1.807, 2.05) is 30.8 Å². The van der Waals surface area contributed by atoms with E-state index in [9.17, 15) is 13.2 Å². The van der Waals surface area contributed by atoms with Gasteiger partial charge in [-0.15, -0.1) is 0 Å². The first kappa shape index (κ1) is 17.0. The number of aromatic nitrogens is 2. The molecule has 1 aliphatic rings. The number of nitrogens with zero attached hydrogens (tertiary/aromatic N) is 3. The highest BCUT2D eigenvalue weighted by Crippen LogP contribution is 2.20. The van der Waals surface area contributed by atoms with Gasteiger partial charge in [0.1, 0.15) is 0 Å². The van der Waals surface area contributed by atoms with Crippen molar-refractivity contribution < 1.29 is 13.2 Å². The van der Waals surface area contributed by atoms with Crippen molar-refractivity contribution in [1.29, 1.82) is 0 Å². The lowest BCUT2D eigenvalue weighted by Gasteiger charge is -2.30. The van der Waals surface area contributed by atoms with Gasteiger partial charge < -0.3 is 5.32 Å². The van der Waals surface area contributed by atoms with Crippen molar-refractivity contribution in [2.45, 2.75) is 39.3 Å². The predicted molar refractivity (Wildman–Crippen MR) is 83.6 cm³/mol. The first-order valence-corrected chi connectivity index (χ1v) is 9.45. The third-order valence-electron chi connectivity index (χ3n) is 4.08. The van der Waals surface area contributed by atoms with Crippen LogP contribution < -0.4 is 5.32 Å². The lowest BCUT2D eigenvalue weighted by Crippen LogP contribution is -2.43. The average Bonchev–Trinajstić information content (AvgIpc) is 2.95. The van der Waals surface area contributed by atoms with Crippen LogP contribution in [-0.2, 0) is 21.4 Å². The Morgan fingerprint density at radius 2 is 2.09 bits per heavy atom. The zero-order chi connectivity index (χ0) is 16.3. The second-order valence-corrected chi connectivity index (χ2v) is 7.75. The van der Waals surface area contributed by atoms with E-state index in [2.05, 4.69) is 10.4 Å². The van der Waals surface area contributed by atoms with Crippen LogP contribution in [0.5, 0.6) is 0 Å². The van der Waals surface area contributed by atoms with Gasteiger partial charge >= 0.3 is 0 Å². The number of carbonyl (C=O) groups excluding carboxylic acids is 1. The maximum absolute atomic E-state index is 12.3. The van der Waals surface area contributed by atoms with Gasteiger partial charge in [-0.1, -0.05) is 0 Å². The molecule has 2 rings (SSSR count). The molecule has 0 bridgehead atoms. The highest BCUT2D eigenvalue weighted by molar-refractivity contribution is 7.88. The molecule has 1 aromatic heterocycles. The fraction of sp³-hybridized carbons (Fsp3) is 0.714. The molecule has 7 nitrogen and oxygen atoms in total. The van der Waals surface area contributed by atoms with E-state index >= 15 is 0 Å². The maximum Gasteiger partial charge on any atom is 0.223 e. The van der Waals surface area contributed by atoms with Gasteiger partial charge in [0.25, 0.3) is 0 Å². The molecule has 0 radical (unpaired) electrons. The minimum atomic E-state index is -3.15. The second-order valence-electron chi connectivity index (χ2n) is 5.76. The number of carbonyl (C=O) groups is 1. The largest absolute Gasteiger partial charge is 0.348 e. The van der Waals surface area contributed by atoms with Gasteiger partial charge in [0, 0.05) is 31.7 Å². The van der Waals surface area contributed by atoms with Crippen LogP contribution in [0, 0.1) is 5.92 Å². The molecular formula is C14H24N4O3S. The normalized spacial score (nSPS) is 19.0. The second kappa shape index (κ2) is 6.78. The van der Waals surface area contributed by atoms with Crippen LogP contribution in [-0.4, -0.2) is 47.8 Å². The molecule has 1 N–H and O–H groups in total. The Labute approximate surface area is 131 Å². The summed E-state index contributed by atoms with van der Waals surface area (Å²) in [7, 11) is -3.15. The van der Waals surface area contributed by atoms with E-state index < -0.39 is 10.0 Å². The molecule has 8 heteroatoms. The molecule has 1 aliphatic heterocycles. The van der Waals surface area contributed by atoms with Gasteiger partial charge in [-0.05, 0) is 32.8 Å². The van der Waals surface area contributed by atoms with E-state index in [1.165, 1.54) is 10.6 Å². The van der Waals surface area contributed by atoms with Gasteiger partial charge in [0.05, 0.1) is 18.0 Å². The van der Waals surface area contributed by atoms with Crippen molar-refractivity contribution in [2.75, 3.05) is 19.3 Å². The molecule has 1 saturated heterocycles. The van der Waals surface area contributed by atoms with Crippen molar-refractivity contribution in [3.8, 4) is 0 Å². The molecule has 1 fully saturated rings. The molecule has 22 heavy (non-hydrogen) atoms. The van der Waals surface area contributed by atoms with Gasteiger partial charge in [-0.25, -0.2) is 12.7 Å². The lowest BCUT2D eigenvalue weighted by atomic mass is 9.97. The number of sulfonamides is 1. The van der Waals surface area contributed by atoms with E-state index in [-0.39, 0.29) is 17.9 Å². The quantitative estimate of drug-likeness (QED) is 0.864. The van der Waals surface area contributed by atoms with Crippen molar-refractivity contribution in [1.82, 2.24) is 19.4 Å². The first-order valence-electron chi connectivity index (χ1n) is 7.60. The third kappa shape index (κ3) is 4.07. The predicted octanol–water partition coefficient (Wildman–Crippen LogP) is 0.752. The van der Waals surface area contributed by atoms with Gasteiger partial charge in [-0.2, -0.15) is 5.10 Å². The summed E-state index contributed by atoms with van der Waals surface area (Å²) in [5, 5.41) is 7.36. The van der Waals surface area contributed by atoms with Crippen LogP contribution in [0.1, 0.15) is 38.4 Å². The van der Waals surface area contributed by atoms with Crippen molar-refractivity contribution in [3.63, 3.8) is 0 Å². The average molecular weight is 328 g/mol. The lowest BCUT2D eigenvalue weighted by molar-refractivity contribution is -0.126. The molecule has 1 atom stereocenters. The fourth-order valence-corrected chi connectivity index (χ4v) is 3.51. The molecule has 0 spiro atoms. The van der Waals surface area contributed by atoms with Crippen LogP contribution in [0.2, 0.25) is 0 Å². The monoisotopic (exact) mass is 328 g/mol. The number of nitrogens with one attached hydrogen (secondary N) is 1. The summed E-state index contributed by atoms with van der Waals surface area (Å²) in [5.74, 6) is -0.152. The summed E-state index contributed by atoms with van der Waals surface area (Å²) in [6, 6.07) is 1.76. The molecule has 2 heterocycles. The maximum atomic E-state index is 12.3. The van der Waals surface area contributed by atoms with Crippen LogP contribution in [0.3, 0.4) is 0 Å². The Morgan fingerprint density at radius 1 is 1.45 bits per heavy atom. The molecule has 0 unspecified atom stereocenters. The third-order valence-corrected chi connectivity index (χ3v) is 5.38. The zero-order valence-corrected chi connectivity index (χ0v) is 14.1. The van der Waals surface area contributed by atoms with Crippen LogP contribution in [0.15, 0.2) is 12.3 Å². The van der Waals surface area contributed by atoms with Crippen LogP contribution in [0.25, 0.3) is 0 Å². The standard InChI is InChI=1S/C14H24N4O3S/c1-4-17-8-7-13(16-17)11(2)15-14(19)12-5-9-18(10-6-12)22(3,20)21/h7-8,11-12H,4-6,9-10H2,1-3H3,(H,15,19)/t11-/m0/s1. The van der Waals surface area contributed by atoms with Crippen molar-refractivity contribution in [3.05, 3.63) is 18.0 Å². The van der Waals surface area contributed by atoms with Crippen LogP contribution in [0.4, 0.5) is 0 Å². The molecule has 1 amide bonds. The number of amides is 1. The minimum absolute atomic E-state index is 0.0216. The molecule has 1 aromatic rings. The van der Waals surface area contributed by atoms with Gasteiger partial charge in [0.15, 0.2) is 0 Å². The summed E-state index contributed by atoms with van der Waals surface area (Å²) in [6.45, 7) is 5.54. The Morgan fingerprint density at radius 3 is 2.59 bits per heavy atom. The number of piperidine rings is 1. The molecule has 0 aromatic carbocycles. The summed E-state index contributed by atoms with van der Waals surface area (Å²) in [4.78, 5) is 12.3.